The van der Waals surface area contributed by atoms with Crippen LogP contribution in [0.5, 0.6) is 0 Å². The van der Waals surface area contributed by atoms with Crippen LogP contribution in [0.25, 0.3) is 11.0 Å². The number of rotatable bonds is 3. The Balaban J connectivity index is 2.41. The van der Waals surface area contributed by atoms with Crippen LogP contribution < -0.4 is 0 Å². The van der Waals surface area contributed by atoms with E-state index in [1.165, 1.54) is 7.11 Å². The molecular weight excluding hydrogens is 204 g/mol. The fraction of sp³-hybridized carbons (Fsp3) is 0.308. The van der Waals surface area contributed by atoms with E-state index in [0.29, 0.717) is 12.2 Å². The minimum Gasteiger partial charge on any atom is -0.468 e. The predicted octanol–water partition coefficient (Wildman–Crippen LogP) is 3.10. The van der Waals surface area contributed by atoms with Crippen molar-refractivity contribution in [3.63, 3.8) is 0 Å². The normalized spacial score (nSPS) is 12.6. The quantitative estimate of drug-likeness (QED) is 0.743. The van der Waals surface area contributed by atoms with Gasteiger partial charge in [-0.05, 0) is 18.6 Å². The molecule has 0 N–H and O–H groups in total. The number of hydrogen-bond acceptors (Lipinski definition) is 3. The molecule has 0 fully saturated rings. The number of carbonyl (C=O) groups is 1. The molecule has 3 nitrogen and oxygen atoms in total. The number of para-hydroxylation sites is 1. The number of furan rings is 1. The van der Waals surface area contributed by atoms with Crippen molar-refractivity contribution in [1.82, 2.24) is 0 Å². The molecule has 84 valence electrons. The van der Waals surface area contributed by atoms with Gasteiger partial charge in [0.1, 0.15) is 17.3 Å². The van der Waals surface area contributed by atoms with Crippen LogP contribution in [0.1, 0.15) is 25.0 Å². The van der Waals surface area contributed by atoms with Gasteiger partial charge in [0.2, 0.25) is 0 Å². The number of methoxy groups -OCH3 is 1. The highest BCUT2D eigenvalue weighted by Gasteiger charge is 2.23. The Labute approximate surface area is 94.0 Å². The molecule has 3 heteroatoms. The van der Waals surface area contributed by atoms with E-state index in [-0.39, 0.29) is 11.9 Å². The summed E-state index contributed by atoms with van der Waals surface area (Å²) in [5.41, 5.74) is 0.805. The van der Waals surface area contributed by atoms with Gasteiger partial charge in [0.05, 0.1) is 7.11 Å². The van der Waals surface area contributed by atoms with Gasteiger partial charge in [0, 0.05) is 5.39 Å². The van der Waals surface area contributed by atoms with Crippen molar-refractivity contribution >= 4 is 16.9 Å². The third-order valence-electron chi connectivity index (χ3n) is 2.68. The highest BCUT2D eigenvalue weighted by atomic mass is 16.5. The van der Waals surface area contributed by atoms with Gasteiger partial charge >= 0.3 is 5.97 Å². The molecule has 1 unspecified atom stereocenters. The third-order valence-corrected chi connectivity index (χ3v) is 2.68. The van der Waals surface area contributed by atoms with Crippen LogP contribution >= 0.6 is 0 Å². The van der Waals surface area contributed by atoms with Gasteiger partial charge in [-0.25, -0.2) is 0 Å². The lowest BCUT2D eigenvalue weighted by Crippen LogP contribution is -2.12. The molecule has 0 amide bonds. The van der Waals surface area contributed by atoms with Gasteiger partial charge in [-0.3, -0.25) is 4.79 Å². The fourth-order valence-electron chi connectivity index (χ4n) is 1.80. The molecule has 0 bridgehead atoms. The second-order valence-corrected chi connectivity index (χ2v) is 3.67. The molecule has 0 radical (unpaired) electrons. The Kier molecular flexibility index (Phi) is 2.95. The van der Waals surface area contributed by atoms with Crippen LogP contribution in [0.3, 0.4) is 0 Å². The highest BCUT2D eigenvalue weighted by Crippen LogP contribution is 2.27. The summed E-state index contributed by atoms with van der Waals surface area (Å²) in [4.78, 5) is 11.5. The van der Waals surface area contributed by atoms with Gasteiger partial charge in [-0.2, -0.15) is 0 Å². The fourth-order valence-corrected chi connectivity index (χ4v) is 1.80. The standard InChI is InChI=1S/C13H14O3/c1-3-10(13(14)15-2)12-8-9-6-4-5-7-11(9)16-12/h4-8,10H,3H2,1-2H3. The number of esters is 1. The maximum absolute atomic E-state index is 11.5. The van der Waals surface area contributed by atoms with Crippen LogP contribution in [0.2, 0.25) is 0 Å². The van der Waals surface area contributed by atoms with E-state index in [1.807, 2.05) is 37.3 Å². The van der Waals surface area contributed by atoms with E-state index in [1.54, 1.807) is 0 Å². The van der Waals surface area contributed by atoms with Crippen molar-refractivity contribution in [2.45, 2.75) is 19.3 Å². The van der Waals surface area contributed by atoms with Gasteiger partial charge in [0.25, 0.3) is 0 Å². The zero-order chi connectivity index (χ0) is 11.5. The Bertz CT molecular complexity index is 466. The molecule has 0 saturated carbocycles. The summed E-state index contributed by atoms with van der Waals surface area (Å²) < 4.78 is 10.4. The average molecular weight is 218 g/mol. The van der Waals surface area contributed by atoms with E-state index in [9.17, 15) is 4.79 Å². The summed E-state index contributed by atoms with van der Waals surface area (Å²) in [7, 11) is 1.40. The number of benzene rings is 1. The first-order valence-electron chi connectivity index (χ1n) is 5.32. The van der Waals surface area contributed by atoms with Crippen LogP contribution in [0.15, 0.2) is 34.7 Å². The van der Waals surface area contributed by atoms with Gasteiger partial charge in [0.15, 0.2) is 0 Å². The first kappa shape index (κ1) is 10.7. The van der Waals surface area contributed by atoms with Crippen molar-refractivity contribution < 1.29 is 13.9 Å². The molecule has 0 aliphatic rings. The second-order valence-electron chi connectivity index (χ2n) is 3.67. The number of hydrogen-bond donors (Lipinski definition) is 0. The van der Waals surface area contributed by atoms with Crippen molar-refractivity contribution in [3.05, 3.63) is 36.1 Å². The Hall–Kier alpha value is -1.77. The molecule has 2 rings (SSSR count). The van der Waals surface area contributed by atoms with Crippen LogP contribution in [0.4, 0.5) is 0 Å². The van der Waals surface area contributed by atoms with Crippen molar-refractivity contribution in [3.8, 4) is 0 Å². The monoisotopic (exact) mass is 218 g/mol. The van der Waals surface area contributed by atoms with E-state index in [2.05, 4.69) is 0 Å². The van der Waals surface area contributed by atoms with Gasteiger partial charge in [-0.1, -0.05) is 25.1 Å². The van der Waals surface area contributed by atoms with Gasteiger partial charge in [-0.15, -0.1) is 0 Å². The first-order valence-corrected chi connectivity index (χ1v) is 5.32. The number of fused-ring (bicyclic) bond motifs is 1. The Morgan fingerprint density at radius 2 is 2.19 bits per heavy atom. The molecule has 0 aliphatic heterocycles. The molecule has 2 aromatic rings. The van der Waals surface area contributed by atoms with Crippen molar-refractivity contribution in [2.75, 3.05) is 7.11 Å². The molecule has 0 saturated heterocycles. The summed E-state index contributed by atoms with van der Waals surface area (Å²) in [5, 5.41) is 1.01. The first-order chi connectivity index (χ1) is 7.76. The SMILES string of the molecule is CCC(C(=O)OC)c1cc2ccccc2o1. The van der Waals surface area contributed by atoms with Crippen LogP contribution in [0, 0.1) is 0 Å². The number of carbonyl (C=O) groups excluding carboxylic acids is 1. The minimum absolute atomic E-state index is 0.249. The largest absolute Gasteiger partial charge is 0.468 e. The molecular formula is C13H14O3. The smallest absolute Gasteiger partial charge is 0.316 e. The maximum Gasteiger partial charge on any atom is 0.316 e. The summed E-state index contributed by atoms with van der Waals surface area (Å²) in [6.45, 7) is 1.94. The molecule has 16 heavy (non-hydrogen) atoms. The minimum atomic E-state index is -0.308. The molecule has 1 heterocycles. The molecule has 1 aromatic carbocycles. The summed E-state index contributed by atoms with van der Waals surface area (Å²) in [6, 6.07) is 9.62. The topological polar surface area (TPSA) is 39.4 Å². The lowest BCUT2D eigenvalue weighted by Gasteiger charge is -2.08. The lowest BCUT2D eigenvalue weighted by atomic mass is 10.0. The highest BCUT2D eigenvalue weighted by molar-refractivity contribution is 5.82. The van der Waals surface area contributed by atoms with E-state index in [0.717, 1.165) is 11.0 Å². The molecule has 0 aliphatic carbocycles. The Morgan fingerprint density at radius 3 is 2.81 bits per heavy atom. The van der Waals surface area contributed by atoms with Crippen molar-refractivity contribution in [2.24, 2.45) is 0 Å². The summed E-state index contributed by atoms with van der Waals surface area (Å²) in [6.07, 6.45) is 0.673. The average Bonchev–Trinajstić information content (AvgIpc) is 2.72. The summed E-state index contributed by atoms with van der Waals surface area (Å²) in [5.74, 6) is 0.120. The van der Waals surface area contributed by atoms with E-state index in [4.69, 9.17) is 9.15 Å². The summed E-state index contributed by atoms with van der Waals surface area (Å²) >= 11 is 0. The zero-order valence-corrected chi connectivity index (χ0v) is 9.40. The molecule has 1 aromatic heterocycles. The molecule has 1 atom stereocenters. The Morgan fingerprint density at radius 1 is 1.44 bits per heavy atom. The maximum atomic E-state index is 11.5. The molecule has 0 spiro atoms. The van der Waals surface area contributed by atoms with E-state index < -0.39 is 0 Å². The van der Waals surface area contributed by atoms with E-state index >= 15 is 0 Å². The number of ether oxygens (including phenoxy) is 1. The van der Waals surface area contributed by atoms with Crippen LogP contribution in [-0.4, -0.2) is 13.1 Å². The van der Waals surface area contributed by atoms with Crippen LogP contribution in [-0.2, 0) is 9.53 Å². The third kappa shape index (κ3) is 1.81. The zero-order valence-electron chi connectivity index (χ0n) is 9.40. The predicted molar refractivity (Wildman–Crippen MR) is 61.3 cm³/mol. The van der Waals surface area contributed by atoms with Gasteiger partial charge < -0.3 is 9.15 Å². The second kappa shape index (κ2) is 4.39. The lowest BCUT2D eigenvalue weighted by molar-refractivity contribution is -0.142. The van der Waals surface area contributed by atoms with Crippen molar-refractivity contribution in [1.29, 1.82) is 0 Å².